The predicted octanol–water partition coefficient (Wildman–Crippen LogP) is 1.68. The Morgan fingerprint density at radius 1 is 1.39 bits per heavy atom. The summed E-state index contributed by atoms with van der Waals surface area (Å²) >= 11 is 0. The van der Waals surface area contributed by atoms with Gasteiger partial charge in [-0.05, 0) is 32.4 Å². The Labute approximate surface area is 107 Å². The number of aryl methyl sites for hydroxylation is 1. The highest BCUT2D eigenvalue weighted by molar-refractivity contribution is 6.06. The summed E-state index contributed by atoms with van der Waals surface area (Å²) in [5.41, 5.74) is 8.70. The molecule has 1 heterocycles. The SMILES string of the molecule is CC1=NN(Cc2cccc(C)c2)C(=O)C1CCN. The molecule has 1 aromatic rings. The van der Waals surface area contributed by atoms with Crippen LogP contribution in [0, 0.1) is 12.8 Å². The first-order chi connectivity index (χ1) is 8.61. The fourth-order valence-corrected chi connectivity index (χ4v) is 2.26. The fraction of sp³-hybridized carbons (Fsp3) is 0.429. The minimum atomic E-state index is -0.125. The highest BCUT2D eigenvalue weighted by atomic mass is 16.2. The van der Waals surface area contributed by atoms with Crippen LogP contribution in [0.2, 0.25) is 0 Å². The van der Waals surface area contributed by atoms with Crippen LogP contribution in [0.4, 0.5) is 0 Å². The summed E-state index contributed by atoms with van der Waals surface area (Å²) in [5.74, 6) is -0.0562. The zero-order valence-corrected chi connectivity index (χ0v) is 10.9. The van der Waals surface area contributed by atoms with Gasteiger partial charge in [-0.25, -0.2) is 5.01 Å². The molecule has 0 saturated carbocycles. The number of hydrogen-bond acceptors (Lipinski definition) is 3. The molecule has 18 heavy (non-hydrogen) atoms. The molecule has 4 nitrogen and oxygen atoms in total. The average molecular weight is 245 g/mol. The fourth-order valence-electron chi connectivity index (χ4n) is 2.26. The maximum atomic E-state index is 12.2. The van der Waals surface area contributed by atoms with Gasteiger partial charge in [-0.3, -0.25) is 4.79 Å². The molecule has 1 unspecified atom stereocenters. The summed E-state index contributed by atoms with van der Waals surface area (Å²) in [6.45, 7) is 5.00. The van der Waals surface area contributed by atoms with E-state index in [9.17, 15) is 4.79 Å². The number of rotatable bonds is 4. The van der Waals surface area contributed by atoms with Crippen molar-refractivity contribution in [2.45, 2.75) is 26.8 Å². The number of hydrogen-bond donors (Lipinski definition) is 1. The van der Waals surface area contributed by atoms with Crippen LogP contribution in [0.15, 0.2) is 29.4 Å². The summed E-state index contributed by atoms with van der Waals surface area (Å²) in [6, 6.07) is 8.13. The van der Waals surface area contributed by atoms with E-state index in [0.29, 0.717) is 19.5 Å². The lowest BCUT2D eigenvalue weighted by atomic mass is 10.0. The lowest BCUT2D eigenvalue weighted by molar-refractivity contribution is -0.132. The molecule has 0 spiro atoms. The number of nitrogens with zero attached hydrogens (tertiary/aromatic N) is 2. The monoisotopic (exact) mass is 245 g/mol. The molecule has 4 heteroatoms. The van der Waals surface area contributed by atoms with Gasteiger partial charge in [-0.1, -0.05) is 29.8 Å². The first-order valence-electron chi connectivity index (χ1n) is 6.24. The van der Waals surface area contributed by atoms with Gasteiger partial charge in [0.2, 0.25) is 0 Å². The van der Waals surface area contributed by atoms with Gasteiger partial charge in [0, 0.05) is 5.71 Å². The topological polar surface area (TPSA) is 58.7 Å². The van der Waals surface area contributed by atoms with Crippen molar-refractivity contribution < 1.29 is 4.79 Å². The van der Waals surface area contributed by atoms with E-state index in [-0.39, 0.29) is 11.8 Å². The van der Waals surface area contributed by atoms with Crippen molar-refractivity contribution in [1.82, 2.24) is 5.01 Å². The molecular weight excluding hydrogens is 226 g/mol. The second-order valence-corrected chi connectivity index (χ2v) is 4.76. The van der Waals surface area contributed by atoms with Gasteiger partial charge in [0.1, 0.15) is 0 Å². The largest absolute Gasteiger partial charge is 0.330 e. The predicted molar refractivity (Wildman–Crippen MR) is 72.0 cm³/mol. The van der Waals surface area contributed by atoms with Gasteiger partial charge in [-0.15, -0.1) is 0 Å². The van der Waals surface area contributed by atoms with Crippen molar-refractivity contribution in [3.63, 3.8) is 0 Å². The van der Waals surface area contributed by atoms with Gasteiger partial charge < -0.3 is 5.73 Å². The van der Waals surface area contributed by atoms with E-state index in [2.05, 4.69) is 11.2 Å². The first kappa shape index (κ1) is 12.8. The van der Waals surface area contributed by atoms with Crippen LogP contribution < -0.4 is 5.73 Å². The zero-order chi connectivity index (χ0) is 13.1. The van der Waals surface area contributed by atoms with Crippen molar-refractivity contribution in [3.8, 4) is 0 Å². The molecule has 0 bridgehead atoms. The number of nitrogens with two attached hydrogens (primary N) is 1. The second-order valence-electron chi connectivity index (χ2n) is 4.76. The third-order valence-electron chi connectivity index (χ3n) is 3.21. The van der Waals surface area contributed by atoms with Crippen molar-refractivity contribution in [2.24, 2.45) is 16.8 Å². The molecule has 96 valence electrons. The third kappa shape index (κ3) is 2.59. The van der Waals surface area contributed by atoms with E-state index >= 15 is 0 Å². The highest BCUT2D eigenvalue weighted by Gasteiger charge is 2.32. The van der Waals surface area contributed by atoms with Crippen LogP contribution in [-0.4, -0.2) is 23.2 Å². The molecule has 0 fully saturated rings. The maximum Gasteiger partial charge on any atom is 0.251 e. The van der Waals surface area contributed by atoms with E-state index in [0.717, 1.165) is 11.3 Å². The number of carbonyl (C=O) groups excluding carboxylic acids is 1. The Hall–Kier alpha value is -1.68. The summed E-state index contributed by atoms with van der Waals surface area (Å²) in [4.78, 5) is 12.2. The average Bonchev–Trinajstić information content (AvgIpc) is 2.57. The number of hydrazone groups is 1. The standard InChI is InChI=1S/C14H19N3O/c1-10-4-3-5-12(8-10)9-17-14(18)13(6-7-15)11(2)16-17/h3-5,8,13H,6-7,9,15H2,1-2H3. The van der Waals surface area contributed by atoms with Gasteiger partial charge in [0.25, 0.3) is 5.91 Å². The molecule has 0 aromatic heterocycles. The molecular formula is C14H19N3O. The van der Waals surface area contributed by atoms with Crippen LogP contribution >= 0.6 is 0 Å². The molecule has 2 N–H and O–H groups in total. The molecule has 0 saturated heterocycles. The van der Waals surface area contributed by atoms with Gasteiger partial charge in [0.15, 0.2) is 0 Å². The zero-order valence-electron chi connectivity index (χ0n) is 10.9. The van der Waals surface area contributed by atoms with Crippen LogP contribution in [-0.2, 0) is 11.3 Å². The Kier molecular flexibility index (Phi) is 3.77. The number of amides is 1. The molecule has 1 aliphatic rings. The quantitative estimate of drug-likeness (QED) is 0.877. The van der Waals surface area contributed by atoms with Crippen molar-refractivity contribution in [1.29, 1.82) is 0 Å². The van der Waals surface area contributed by atoms with Gasteiger partial charge in [0.05, 0.1) is 12.5 Å². The van der Waals surface area contributed by atoms with Crippen LogP contribution in [0.3, 0.4) is 0 Å². The summed E-state index contributed by atoms with van der Waals surface area (Å²) in [6.07, 6.45) is 0.679. The smallest absolute Gasteiger partial charge is 0.251 e. The van der Waals surface area contributed by atoms with Crippen molar-refractivity contribution in [3.05, 3.63) is 35.4 Å². The Morgan fingerprint density at radius 3 is 2.83 bits per heavy atom. The van der Waals surface area contributed by atoms with E-state index in [1.807, 2.05) is 32.0 Å². The van der Waals surface area contributed by atoms with Crippen LogP contribution in [0.25, 0.3) is 0 Å². The first-order valence-corrected chi connectivity index (χ1v) is 6.24. The van der Waals surface area contributed by atoms with Crippen molar-refractivity contribution >= 4 is 11.6 Å². The molecule has 0 radical (unpaired) electrons. The molecule has 1 aliphatic heterocycles. The normalized spacial score (nSPS) is 19.3. The van der Waals surface area contributed by atoms with E-state index < -0.39 is 0 Å². The van der Waals surface area contributed by atoms with E-state index in [1.165, 1.54) is 5.56 Å². The number of benzene rings is 1. The van der Waals surface area contributed by atoms with Crippen molar-refractivity contribution in [2.75, 3.05) is 6.54 Å². The third-order valence-corrected chi connectivity index (χ3v) is 3.21. The second kappa shape index (κ2) is 5.31. The van der Waals surface area contributed by atoms with E-state index in [4.69, 9.17) is 5.73 Å². The lowest BCUT2D eigenvalue weighted by Gasteiger charge is -2.14. The summed E-state index contributed by atoms with van der Waals surface area (Å²) in [7, 11) is 0. The van der Waals surface area contributed by atoms with Gasteiger partial charge >= 0.3 is 0 Å². The summed E-state index contributed by atoms with van der Waals surface area (Å²) < 4.78 is 0. The lowest BCUT2D eigenvalue weighted by Crippen LogP contribution is -2.28. The summed E-state index contributed by atoms with van der Waals surface area (Å²) in [5, 5.41) is 5.90. The highest BCUT2D eigenvalue weighted by Crippen LogP contribution is 2.20. The number of carbonyl (C=O) groups is 1. The van der Waals surface area contributed by atoms with Gasteiger partial charge in [-0.2, -0.15) is 5.10 Å². The minimum Gasteiger partial charge on any atom is -0.330 e. The Morgan fingerprint density at radius 2 is 2.17 bits per heavy atom. The Bertz CT molecular complexity index is 482. The van der Waals surface area contributed by atoms with Crippen LogP contribution in [0.1, 0.15) is 24.5 Å². The van der Waals surface area contributed by atoms with E-state index in [1.54, 1.807) is 5.01 Å². The van der Waals surface area contributed by atoms with Crippen LogP contribution in [0.5, 0.6) is 0 Å². The Balaban J connectivity index is 2.10. The maximum absolute atomic E-state index is 12.2. The molecule has 1 amide bonds. The molecule has 1 atom stereocenters. The minimum absolute atomic E-state index is 0.0689. The molecule has 2 rings (SSSR count). The molecule has 0 aliphatic carbocycles. The molecule has 1 aromatic carbocycles.